The Morgan fingerprint density at radius 3 is 2.19 bits per heavy atom. The van der Waals surface area contributed by atoms with Crippen molar-refractivity contribution in [2.24, 2.45) is 16.5 Å². The summed E-state index contributed by atoms with van der Waals surface area (Å²) in [7, 11) is 0. The Morgan fingerprint density at radius 2 is 1.54 bits per heavy atom. The lowest BCUT2D eigenvalue weighted by Gasteiger charge is -2.07. The SMILES string of the molecule is N=C(Cl)c1ccc2cc(OC(=O)c3ccc(N=C(N)N)cc3)ccc2c1. The molecular formula is C19H15ClN4O2. The molecule has 3 aromatic rings. The third-order valence-corrected chi connectivity index (χ3v) is 3.86. The second kappa shape index (κ2) is 7.25. The molecule has 0 heterocycles. The molecule has 0 spiro atoms. The summed E-state index contributed by atoms with van der Waals surface area (Å²) in [5.74, 6) is -0.117. The van der Waals surface area contributed by atoms with Crippen molar-refractivity contribution in [1.82, 2.24) is 0 Å². The van der Waals surface area contributed by atoms with Gasteiger partial charge >= 0.3 is 5.97 Å². The molecule has 0 aromatic heterocycles. The molecule has 0 aliphatic carbocycles. The molecule has 0 fully saturated rings. The normalized spacial score (nSPS) is 10.3. The Kier molecular flexibility index (Phi) is 4.86. The first kappa shape index (κ1) is 17.4. The number of aliphatic imine (C=N–C) groups is 1. The minimum atomic E-state index is -0.486. The highest BCUT2D eigenvalue weighted by molar-refractivity contribution is 6.68. The lowest BCUT2D eigenvalue weighted by Crippen LogP contribution is -2.21. The maximum Gasteiger partial charge on any atom is 0.343 e. The number of fused-ring (bicyclic) bond motifs is 1. The van der Waals surface area contributed by atoms with Crippen LogP contribution in [-0.4, -0.2) is 17.1 Å². The number of carbonyl (C=O) groups excluding carboxylic acids is 1. The number of guanidine groups is 1. The molecule has 3 rings (SSSR count). The van der Waals surface area contributed by atoms with Crippen LogP contribution < -0.4 is 16.2 Å². The molecular weight excluding hydrogens is 352 g/mol. The van der Waals surface area contributed by atoms with Crippen LogP contribution in [0.25, 0.3) is 10.8 Å². The van der Waals surface area contributed by atoms with Gasteiger partial charge in [-0.1, -0.05) is 29.8 Å². The molecule has 130 valence electrons. The standard InChI is InChI=1S/C19H15ClN4O2/c20-17(21)14-2-1-13-10-16(8-5-12(13)9-14)26-18(25)11-3-6-15(7-4-11)24-19(22)23/h1-10,21H,(H4,22,23,24). The molecule has 0 saturated carbocycles. The van der Waals surface area contributed by atoms with E-state index in [2.05, 4.69) is 4.99 Å². The Morgan fingerprint density at radius 1 is 0.923 bits per heavy atom. The van der Waals surface area contributed by atoms with Crippen LogP contribution in [0, 0.1) is 5.41 Å². The highest BCUT2D eigenvalue weighted by atomic mass is 35.5. The van der Waals surface area contributed by atoms with Crippen LogP contribution in [0.1, 0.15) is 15.9 Å². The van der Waals surface area contributed by atoms with E-state index in [0.717, 1.165) is 10.8 Å². The van der Waals surface area contributed by atoms with Gasteiger partial charge in [0.1, 0.15) is 10.9 Å². The van der Waals surface area contributed by atoms with Gasteiger partial charge in [0.05, 0.1) is 11.3 Å². The number of hydrogen-bond donors (Lipinski definition) is 3. The van der Waals surface area contributed by atoms with Crippen molar-refractivity contribution in [3.63, 3.8) is 0 Å². The van der Waals surface area contributed by atoms with Crippen molar-refractivity contribution in [3.8, 4) is 5.75 Å². The highest BCUT2D eigenvalue weighted by Crippen LogP contribution is 2.24. The van der Waals surface area contributed by atoms with Gasteiger partial charge in [0.15, 0.2) is 5.96 Å². The Balaban J connectivity index is 1.79. The molecule has 0 amide bonds. The minimum absolute atomic E-state index is 0.0217. The van der Waals surface area contributed by atoms with Crippen LogP contribution in [0.5, 0.6) is 5.75 Å². The van der Waals surface area contributed by atoms with E-state index in [4.69, 9.17) is 33.2 Å². The fourth-order valence-corrected chi connectivity index (χ4v) is 2.53. The molecule has 3 aromatic carbocycles. The van der Waals surface area contributed by atoms with Crippen molar-refractivity contribution < 1.29 is 9.53 Å². The zero-order chi connectivity index (χ0) is 18.7. The molecule has 0 atom stereocenters. The summed E-state index contributed by atoms with van der Waals surface area (Å²) in [5.41, 5.74) is 12.2. The number of nitrogens with two attached hydrogens (primary N) is 2. The molecule has 0 saturated heterocycles. The summed E-state index contributed by atoms with van der Waals surface area (Å²) in [5, 5.41) is 9.22. The third kappa shape index (κ3) is 3.99. The number of nitrogens with one attached hydrogen (secondary N) is 1. The molecule has 7 heteroatoms. The van der Waals surface area contributed by atoms with Gasteiger partial charge in [-0.2, -0.15) is 0 Å². The maximum absolute atomic E-state index is 12.3. The summed E-state index contributed by atoms with van der Waals surface area (Å²) in [4.78, 5) is 16.2. The predicted octanol–water partition coefficient (Wildman–Crippen LogP) is 3.53. The van der Waals surface area contributed by atoms with E-state index in [1.165, 1.54) is 0 Å². The zero-order valence-corrected chi connectivity index (χ0v) is 14.3. The van der Waals surface area contributed by atoms with E-state index in [9.17, 15) is 4.79 Å². The van der Waals surface area contributed by atoms with E-state index in [0.29, 0.717) is 22.6 Å². The summed E-state index contributed by atoms with van der Waals surface area (Å²) in [6, 6.07) is 17.0. The molecule has 26 heavy (non-hydrogen) atoms. The summed E-state index contributed by atoms with van der Waals surface area (Å²) in [6.07, 6.45) is 0. The number of ether oxygens (including phenoxy) is 1. The van der Waals surface area contributed by atoms with Gasteiger partial charge in [0.2, 0.25) is 0 Å². The molecule has 0 bridgehead atoms. The summed E-state index contributed by atoms with van der Waals surface area (Å²) >= 11 is 5.70. The second-order valence-corrected chi connectivity index (χ2v) is 5.89. The molecule has 0 radical (unpaired) electrons. The first-order chi connectivity index (χ1) is 12.4. The number of hydrogen-bond acceptors (Lipinski definition) is 4. The van der Waals surface area contributed by atoms with Crippen LogP contribution in [0.3, 0.4) is 0 Å². The number of carbonyl (C=O) groups is 1. The van der Waals surface area contributed by atoms with Gasteiger partial charge in [-0.25, -0.2) is 9.79 Å². The average molecular weight is 367 g/mol. The minimum Gasteiger partial charge on any atom is -0.423 e. The van der Waals surface area contributed by atoms with E-state index < -0.39 is 5.97 Å². The number of nitrogens with zero attached hydrogens (tertiary/aromatic N) is 1. The van der Waals surface area contributed by atoms with Crippen LogP contribution in [0.2, 0.25) is 0 Å². The maximum atomic E-state index is 12.3. The van der Waals surface area contributed by atoms with Crippen molar-refractivity contribution in [3.05, 3.63) is 71.8 Å². The van der Waals surface area contributed by atoms with Gasteiger partial charge in [0.25, 0.3) is 0 Å². The zero-order valence-electron chi connectivity index (χ0n) is 13.6. The predicted molar refractivity (Wildman–Crippen MR) is 103 cm³/mol. The topological polar surface area (TPSA) is 115 Å². The van der Waals surface area contributed by atoms with Crippen molar-refractivity contribution in [2.75, 3.05) is 0 Å². The monoisotopic (exact) mass is 366 g/mol. The van der Waals surface area contributed by atoms with Crippen LogP contribution >= 0.6 is 11.6 Å². The average Bonchev–Trinajstić information content (AvgIpc) is 2.61. The molecule has 0 aliphatic rings. The van der Waals surface area contributed by atoms with Crippen LogP contribution in [0.15, 0.2) is 65.7 Å². The van der Waals surface area contributed by atoms with E-state index >= 15 is 0 Å². The van der Waals surface area contributed by atoms with Crippen molar-refractivity contribution in [2.45, 2.75) is 0 Å². The van der Waals surface area contributed by atoms with Crippen LogP contribution in [-0.2, 0) is 0 Å². The molecule has 6 nitrogen and oxygen atoms in total. The Bertz CT molecular complexity index is 1030. The molecule has 0 unspecified atom stereocenters. The molecule has 5 N–H and O–H groups in total. The van der Waals surface area contributed by atoms with E-state index in [1.807, 2.05) is 12.1 Å². The lowest BCUT2D eigenvalue weighted by atomic mass is 10.1. The smallest absolute Gasteiger partial charge is 0.343 e. The quantitative estimate of drug-likeness (QED) is 0.283. The first-order valence-corrected chi connectivity index (χ1v) is 8.00. The summed E-state index contributed by atoms with van der Waals surface area (Å²) < 4.78 is 5.41. The number of rotatable bonds is 4. The largest absolute Gasteiger partial charge is 0.423 e. The molecule has 0 aliphatic heterocycles. The number of halogens is 1. The fourth-order valence-electron chi connectivity index (χ4n) is 2.41. The van der Waals surface area contributed by atoms with Gasteiger partial charge in [-0.05, 0) is 53.2 Å². The second-order valence-electron chi connectivity index (χ2n) is 5.51. The highest BCUT2D eigenvalue weighted by Gasteiger charge is 2.09. The number of benzene rings is 3. The van der Waals surface area contributed by atoms with Crippen molar-refractivity contribution in [1.29, 1.82) is 5.41 Å². The van der Waals surface area contributed by atoms with Crippen LogP contribution in [0.4, 0.5) is 5.69 Å². The summed E-state index contributed by atoms with van der Waals surface area (Å²) in [6.45, 7) is 0. The van der Waals surface area contributed by atoms with Gasteiger partial charge in [0, 0.05) is 5.56 Å². The van der Waals surface area contributed by atoms with Gasteiger partial charge < -0.3 is 16.2 Å². The van der Waals surface area contributed by atoms with Gasteiger partial charge in [-0.15, -0.1) is 0 Å². The Labute approximate surface area is 154 Å². The fraction of sp³-hybridized carbons (Fsp3) is 0. The van der Waals surface area contributed by atoms with Gasteiger partial charge in [-0.3, -0.25) is 5.41 Å². The number of esters is 1. The lowest BCUT2D eigenvalue weighted by molar-refractivity contribution is 0.0735. The third-order valence-electron chi connectivity index (χ3n) is 3.64. The first-order valence-electron chi connectivity index (χ1n) is 7.62. The Hall–Kier alpha value is -3.38. The van der Waals surface area contributed by atoms with E-state index in [1.54, 1.807) is 48.5 Å². The van der Waals surface area contributed by atoms with Crippen molar-refractivity contribution >= 4 is 45.2 Å². The van der Waals surface area contributed by atoms with E-state index in [-0.39, 0.29) is 11.1 Å².